The summed E-state index contributed by atoms with van der Waals surface area (Å²) in [6, 6.07) is 6.30. The van der Waals surface area contributed by atoms with Crippen LogP contribution in [0, 0.1) is 6.92 Å². The molecular weight excluding hydrogens is 194 g/mol. The summed E-state index contributed by atoms with van der Waals surface area (Å²) in [5.41, 5.74) is 8.50. The maximum atomic E-state index is 6.25. The van der Waals surface area contributed by atoms with E-state index in [4.69, 9.17) is 17.3 Å². The Balaban J connectivity index is 2.40. The van der Waals surface area contributed by atoms with Crippen molar-refractivity contribution in [1.29, 1.82) is 0 Å². The Hall–Kier alpha value is -0.530. The first-order chi connectivity index (χ1) is 6.68. The molecule has 0 bridgehead atoms. The third-order valence-electron chi connectivity index (χ3n) is 3.40. The maximum Gasteiger partial charge on any atom is 0.0446 e. The average Bonchev–Trinajstić information content (AvgIpc) is 2.07. The maximum absolute atomic E-state index is 6.25. The van der Waals surface area contributed by atoms with Crippen LogP contribution in [0.1, 0.15) is 30.4 Å². The molecular formula is C12H16ClN. The minimum atomic E-state index is 0.185. The van der Waals surface area contributed by atoms with Crippen molar-refractivity contribution in [1.82, 2.24) is 0 Å². The summed E-state index contributed by atoms with van der Waals surface area (Å²) >= 11 is 6.25. The van der Waals surface area contributed by atoms with Crippen molar-refractivity contribution in [3.8, 4) is 0 Å². The van der Waals surface area contributed by atoms with E-state index in [9.17, 15) is 0 Å². The van der Waals surface area contributed by atoms with Gasteiger partial charge in [-0.2, -0.15) is 0 Å². The van der Waals surface area contributed by atoms with E-state index in [0.717, 1.165) is 11.6 Å². The highest BCUT2D eigenvalue weighted by atomic mass is 35.5. The number of hydrogen-bond acceptors (Lipinski definition) is 1. The minimum Gasteiger partial charge on any atom is -0.330 e. The summed E-state index contributed by atoms with van der Waals surface area (Å²) in [4.78, 5) is 0. The largest absolute Gasteiger partial charge is 0.330 e. The fourth-order valence-corrected chi connectivity index (χ4v) is 2.67. The second kappa shape index (κ2) is 3.56. The first-order valence-corrected chi connectivity index (χ1v) is 5.52. The van der Waals surface area contributed by atoms with Gasteiger partial charge in [-0.15, -0.1) is 0 Å². The van der Waals surface area contributed by atoms with Gasteiger partial charge in [0.25, 0.3) is 0 Å². The Morgan fingerprint density at radius 1 is 1.43 bits per heavy atom. The van der Waals surface area contributed by atoms with Gasteiger partial charge in [0.2, 0.25) is 0 Å². The van der Waals surface area contributed by atoms with Crippen molar-refractivity contribution in [2.75, 3.05) is 6.54 Å². The lowest BCUT2D eigenvalue weighted by molar-refractivity contribution is 0.253. The van der Waals surface area contributed by atoms with E-state index in [1.807, 2.05) is 6.07 Å². The van der Waals surface area contributed by atoms with Gasteiger partial charge in [0, 0.05) is 17.0 Å². The fourth-order valence-electron chi connectivity index (χ4n) is 2.24. The van der Waals surface area contributed by atoms with Crippen molar-refractivity contribution in [2.24, 2.45) is 5.73 Å². The molecule has 2 heteroatoms. The number of hydrogen-bond donors (Lipinski definition) is 1. The van der Waals surface area contributed by atoms with E-state index < -0.39 is 0 Å². The predicted molar refractivity (Wildman–Crippen MR) is 60.8 cm³/mol. The Kier molecular flexibility index (Phi) is 2.54. The molecule has 0 atom stereocenters. The second-order valence-corrected chi connectivity index (χ2v) is 4.73. The highest BCUT2D eigenvalue weighted by molar-refractivity contribution is 6.31. The molecule has 1 aromatic carbocycles. The molecule has 2 rings (SSSR count). The summed E-state index contributed by atoms with van der Waals surface area (Å²) in [7, 11) is 0. The van der Waals surface area contributed by atoms with Gasteiger partial charge in [-0.3, -0.25) is 0 Å². The van der Waals surface area contributed by atoms with Crippen LogP contribution >= 0.6 is 11.6 Å². The number of aryl methyl sites for hydroxylation is 1. The molecule has 2 N–H and O–H groups in total. The van der Waals surface area contributed by atoms with Gasteiger partial charge in [0.05, 0.1) is 0 Å². The third-order valence-corrected chi connectivity index (χ3v) is 3.71. The van der Waals surface area contributed by atoms with Crippen LogP contribution in [-0.2, 0) is 5.41 Å². The molecule has 1 nitrogen and oxygen atoms in total. The molecule has 1 aromatic rings. The molecule has 0 aromatic heterocycles. The van der Waals surface area contributed by atoms with E-state index in [2.05, 4.69) is 19.1 Å². The molecule has 14 heavy (non-hydrogen) atoms. The van der Waals surface area contributed by atoms with Crippen molar-refractivity contribution >= 4 is 11.6 Å². The van der Waals surface area contributed by atoms with E-state index >= 15 is 0 Å². The molecule has 0 radical (unpaired) electrons. The second-order valence-electron chi connectivity index (χ2n) is 4.32. The van der Waals surface area contributed by atoms with Gasteiger partial charge < -0.3 is 5.73 Å². The van der Waals surface area contributed by atoms with Gasteiger partial charge >= 0.3 is 0 Å². The third kappa shape index (κ3) is 1.45. The van der Waals surface area contributed by atoms with Crippen molar-refractivity contribution < 1.29 is 0 Å². The topological polar surface area (TPSA) is 26.0 Å². The van der Waals surface area contributed by atoms with Crippen LogP contribution in [0.5, 0.6) is 0 Å². The summed E-state index contributed by atoms with van der Waals surface area (Å²) in [5.74, 6) is 0. The Morgan fingerprint density at radius 3 is 2.57 bits per heavy atom. The first kappa shape index (κ1) is 10.0. The molecule has 0 spiro atoms. The average molecular weight is 210 g/mol. The molecule has 1 saturated carbocycles. The summed E-state index contributed by atoms with van der Waals surface area (Å²) in [6.45, 7) is 2.78. The van der Waals surface area contributed by atoms with Crippen molar-refractivity contribution in [2.45, 2.75) is 31.6 Å². The van der Waals surface area contributed by atoms with Gasteiger partial charge in [-0.05, 0) is 37.0 Å². The van der Waals surface area contributed by atoms with Crippen LogP contribution < -0.4 is 5.73 Å². The zero-order chi connectivity index (χ0) is 10.2. The highest BCUT2D eigenvalue weighted by Crippen LogP contribution is 2.45. The van der Waals surface area contributed by atoms with Crippen molar-refractivity contribution in [3.63, 3.8) is 0 Å². The molecule has 0 saturated heterocycles. The van der Waals surface area contributed by atoms with Gasteiger partial charge in [-0.1, -0.05) is 30.2 Å². The van der Waals surface area contributed by atoms with Crippen molar-refractivity contribution in [3.05, 3.63) is 34.3 Å². The SMILES string of the molecule is Cc1ccc(C2(CN)CCC2)c(Cl)c1. The zero-order valence-corrected chi connectivity index (χ0v) is 9.27. The number of benzene rings is 1. The molecule has 1 fully saturated rings. The molecule has 76 valence electrons. The van der Waals surface area contributed by atoms with Crippen LogP contribution in [0.25, 0.3) is 0 Å². The number of halogens is 1. The standard InChI is InChI=1S/C12H16ClN/c1-9-3-4-10(11(13)7-9)12(8-14)5-2-6-12/h3-4,7H,2,5-6,8,14H2,1H3. The monoisotopic (exact) mass is 209 g/mol. The first-order valence-electron chi connectivity index (χ1n) is 5.15. The highest BCUT2D eigenvalue weighted by Gasteiger charge is 2.38. The number of nitrogens with two attached hydrogens (primary N) is 1. The van der Waals surface area contributed by atoms with Crippen LogP contribution in [0.4, 0.5) is 0 Å². The van der Waals surface area contributed by atoms with E-state index in [1.54, 1.807) is 0 Å². The molecule has 0 unspecified atom stereocenters. The fraction of sp³-hybridized carbons (Fsp3) is 0.500. The predicted octanol–water partition coefficient (Wildman–Crippen LogP) is 3.03. The smallest absolute Gasteiger partial charge is 0.0446 e. The van der Waals surface area contributed by atoms with E-state index in [0.29, 0.717) is 0 Å². The van der Waals surface area contributed by atoms with Gasteiger partial charge in [-0.25, -0.2) is 0 Å². The lowest BCUT2D eigenvalue weighted by atomic mass is 9.64. The molecule has 0 aliphatic heterocycles. The normalized spacial score (nSPS) is 19.1. The van der Waals surface area contributed by atoms with E-state index in [1.165, 1.54) is 30.4 Å². The molecule has 1 aliphatic rings. The van der Waals surface area contributed by atoms with Crippen LogP contribution in [0.3, 0.4) is 0 Å². The van der Waals surface area contributed by atoms with Gasteiger partial charge in [0.1, 0.15) is 0 Å². The zero-order valence-electron chi connectivity index (χ0n) is 8.52. The lowest BCUT2D eigenvalue weighted by Crippen LogP contribution is -2.41. The number of rotatable bonds is 2. The Labute approximate surface area is 90.3 Å². The van der Waals surface area contributed by atoms with Gasteiger partial charge in [0.15, 0.2) is 0 Å². The molecule has 0 amide bonds. The Bertz CT molecular complexity index is 337. The summed E-state index contributed by atoms with van der Waals surface area (Å²) in [6.07, 6.45) is 3.65. The van der Waals surface area contributed by atoms with Crippen LogP contribution in [0.15, 0.2) is 18.2 Å². The van der Waals surface area contributed by atoms with Crippen LogP contribution in [0.2, 0.25) is 5.02 Å². The lowest BCUT2D eigenvalue weighted by Gasteiger charge is -2.42. The summed E-state index contributed by atoms with van der Waals surface area (Å²) < 4.78 is 0. The van der Waals surface area contributed by atoms with E-state index in [-0.39, 0.29) is 5.41 Å². The minimum absolute atomic E-state index is 0.185. The van der Waals surface area contributed by atoms with Crippen LogP contribution in [-0.4, -0.2) is 6.54 Å². The quantitative estimate of drug-likeness (QED) is 0.796. The summed E-state index contributed by atoms with van der Waals surface area (Å²) in [5, 5.41) is 0.884. The molecule has 1 aliphatic carbocycles. The molecule has 0 heterocycles. The Morgan fingerprint density at radius 2 is 2.14 bits per heavy atom.